The van der Waals surface area contributed by atoms with Crippen LogP contribution in [0.4, 0.5) is 11.4 Å². The summed E-state index contributed by atoms with van der Waals surface area (Å²) in [6, 6.07) is 12.8. The van der Waals surface area contributed by atoms with Crippen molar-refractivity contribution >= 4 is 40.1 Å². The molecule has 0 aromatic heterocycles. The molecule has 168 valence electrons. The van der Waals surface area contributed by atoms with E-state index in [0.717, 1.165) is 11.3 Å². The summed E-state index contributed by atoms with van der Waals surface area (Å²) in [6.45, 7) is 2.45. The van der Waals surface area contributed by atoms with E-state index in [1.807, 2.05) is 31.2 Å². The van der Waals surface area contributed by atoms with Gasteiger partial charge in [-0.3, -0.25) is 19.9 Å². The molecule has 2 aromatic rings. The van der Waals surface area contributed by atoms with Crippen molar-refractivity contribution in [2.24, 2.45) is 10.9 Å². The maximum atomic E-state index is 13.3. The highest BCUT2D eigenvalue weighted by Crippen LogP contribution is 2.32. The minimum absolute atomic E-state index is 0.0449. The summed E-state index contributed by atoms with van der Waals surface area (Å²) in [7, 11) is 3.09. The molecule has 0 aliphatic carbocycles. The number of fused-ring (bicyclic) bond motifs is 1. The third kappa shape index (κ3) is 4.43. The Balaban J connectivity index is 1.52. The van der Waals surface area contributed by atoms with Crippen LogP contribution >= 0.6 is 11.8 Å². The van der Waals surface area contributed by atoms with Crippen LogP contribution in [-0.4, -0.2) is 49.7 Å². The number of amidine groups is 1. The van der Waals surface area contributed by atoms with Crippen LogP contribution < -0.4 is 30.5 Å². The normalized spacial score (nSPS) is 19.9. The third-order valence-electron chi connectivity index (χ3n) is 5.30. The van der Waals surface area contributed by atoms with Crippen molar-refractivity contribution in [2.75, 3.05) is 36.7 Å². The molecule has 32 heavy (non-hydrogen) atoms. The number of hydrazine groups is 1. The fourth-order valence-corrected chi connectivity index (χ4v) is 4.46. The van der Waals surface area contributed by atoms with Crippen LogP contribution in [0.5, 0.6) is 11.5 Å². The highest BCUT2D eigenvalue weighted by Gasteiger charge is 2.42. The molecule has 0 spiro atoms. The van der Waals surface area contributed by atoms with Crippen LogP contribution in [0.3, 0.4) is 0 Å². The molecule has 2 unspecified atom stereocenters. The Bertz CT molecular complexity index is 1060. The van der Waals surface area contributed by atoms with Gasteiger partial charge >= 0.3 is 0 Å². The predicted octanol–water partition coefficient (Wildman–Crippen LogP) is 2.14. The van der Waals surface area contributed by atoms with Gasteiger partial charge in [-0.2, -0.15) is 0 Å². The smallest absolute Gasteiger partial charge is 0.241 e. The van der Waals surface area contributed by atoms with Crippen molar-refractivity contribution < 1.29 is 19.1 Å². The quantitative estimate of drug-likeness (QED) is 0.613. The molecule has 0 radical (unpaired) electrons. The molecule has 9 nitrogen and oxygen atoms in total. The number of ether oxygens (including phenoxy) is 2. The van der Waals surface area contributed by atoms with Crippen LogP contribution in [0.2, 0.25) is 0 Å². The topological polar surface area (TPSA) is 104 Å². The molecule has 4 rings (SSSR count). The van der Waals surface area contributed by atoms with E-state index in [0.29, 0.717) is 28.9 Å². The van der Waals surface area contributed by atoms with Gasteiger partial charge in [-0.05, 0) is 30.7 Å². The summed E-state index contributed by atoms with van der Waals surface area (Å²) < 4.78 is 10.5. The van der Waals surface area contributed by atoms with Crippen LogP contribution in [0.15, 0.2) is 47.5 Å². The molecule has 2 amide bonds. The number of anilines is 2. The SMILES string of the molecule is COc1ccc(NC(=O)CSC2=NC3NNCC3C(=O)N2c2ccccc2C)c(OC)c1. The lowest BCUT2D eigenvalue weighted by molar-refractivity contribution is -0.121. The van der Waals surface area contributed by atoms with Gasteiger partial charge in [0.25, 0.3) is 0 Å². The van der Waals surface area contributed by atoms with Crippen molar-refractivity contribution in [3.8, 4) is 11.5 Å². The maximum Gasteiger partial charge on any atom is 0.241 e. The van der Waals surface area contributed by atoms with E-state index in [1.165, 1.54) is 18.9 Å². The summed E-state index contributed by atoms with van der Waals surface area (Å²) in [6.07, 6.45) is -0.352. The summed E-state index contributed by atoms with van der Waals surface area (Å²) in [4.78, 5) is 32.3. The van der Waals surface area contributed by atoms with E-state index in [1.54, 1.807) is 30.2 Å². The van der Waals surface area contributed by atoms with E-state index in [4.69, 9.17) is 14.5 Å². The van der Waals surface area contributed by atoms with E-state index in [-0.39, 0.29) is 29.7 Å². The van der Waals surface area contributed by atoms with Gasteiger partial charge in [-0.25, -0.2) is 10.4 Å². The lowest BCUT2D eigenvalue weighted by Gasteiger charge is -2.33. The van der Waals surface area contributed by atoms with E-state index < -0.39 is 0 Å². The first-order valence-electron chi connectivity index (χ1n) is 10.1. The first kappa shape index (κ1) is 22.1. The molecule has 3 N–H and O–H groups in total. The van der Waals surface area contributed by atoms with Crippen molar-refractivity contribution in [3.05, 3.63) is 48.0 Å². The van der Waals surface area contributed by atoms with Crippen molar-refractivity contribution in [1.82, 2.24) is 10.9 Å². The molecule has 2 aliphatic heterocycles. The Hall–Kier alpha value is -3.08. The van der Waals surface area contributed by atoms with Crippen molar-refractivity contribution in [3.63, 3.8) is 0 Å². The molecule has 2 atom stereocenters. The van der Waals surface area contributed by atoms with Gasteiger partial charge in [0.1, 0.15) is 17.7 Å². The monoisotopic (exact) mass is 455 g/mol. The number of thioether (sulfide) groups is 1. The largest absolute Gasteiger partial charge is 0.497 e. The number of amides is 2. The Morgan fingerprint density at radius 3 is 2.81 bits per heavy atom. The zero-order valence-corrected chi connectivity index (χ0v) is 18.9. The van der Waals surface area contributed by atoms with Crippen molar-refractivity contribution in [1.29, 1.82) is 0 Å². The third-order valence-corrected chi connectivity index (χ3v) is 6.26. The molecule has 2 heterocycles. The van der Waals surface area contributed by atoms with Gasteiger partial charge in [-0.1, -0.05) is 30.0 Å². The van der Waals surface area contributed by atoms with E-state index >= 15 is 0 Å². The van der Waals surface area contributed by atoms with Gasteiger partial charge < -0.3 is 14.8 Å². The molecular weight excluding hydrogens is 430 g/mol. The molecular formula is C22H25N5O4S. The lowest BCUT2D eigenvalue weighted by Crippen LogP contribution is -2.49. The van der Waals surface area contributed by atoms with Crippen LogP contribution in [0.25, 0.3) is 0 Å². The van der Waals surface area contributed by atoms with Gasteiger partial charge in [0.15, 0.2) is 5.17 Å². The average Bonchev–Trinajstić information content (AvgIpc) is 3.28. The minimum Gasteiger partial charge on any atom is -0.497 e. The standard InChI is InChI=1S/C22H25N5O4S/c1-13-6-4-5-7-17(13)27-21(29)15-11-23-26-20(15)25-22(27)32-12-19(28)24-16-9-8-14(30-2)10-18(16)31-3/h4-10,15,20,23,26H,11-12H2,1-3H3,(H,24,28). The molecule has 0 bridgehead atoms. The predicted molar refractivity (Wildman–Crippen MR) is 125 cm³/mol. The summed E-state index contributed by atoms with van der Waals surface area (Å²) in [5.74, 6) is 0.629. The molecule has 0 saturated carbocycles. The van der Waals surface area contributed by atoms with Gasteiger partial charge in [0, 0.05) is 12.6 Å². The van der Waals surface area contributed by atoms with Gasteiger partial charge in [-0.15, -0.1) is 0 Å². The van der Waals surface area contributed by atoms with Crippen LogP contribution in [0.1, 0.15) is 5.56 Å². The van der Waals surface area contributed by atoms with Crippen LogP contribution in [-0.2, 0) is 9.59 Å². The first-order chi connectivity index (χ1) is 15.5. The summed E-state index contributed by atoms with van der Waals surface area (Å²) in [5, 5.41) is 3.33. The van der Waals surface area contributed by atoms with E-state index in [9.17, 15) is 9.59 Å². The number of benzene rings is 2. The molecule has 1 fully saturated rings. The van der Waals surface area contributed by atoms with Gasteiger partial charge in [0.2, 0.25) is 11.8 Å². The molecule has 2 aliphatic rings. The molecule has 2 aromatic carbocycles. The Morgan fingerprint density at radius 2 is 2.06 bits per heavy atom. The fourth-order valence-electron chi connectivity index (χ4n) is 3.62. The zero-order valence-electron chi connectivity index (χ0n) is 18.0. The number of hydrogen-bond donors (Lipinski definition) is 3. The second kappa shape index (κ2) is 9.60. The van der Waals surface area contributed by atoms with Crippen LogP contribution in [0, 0.1) is 12.8 Å². The Morgan fingerprint density at radius 1 is 1.25 bits per heavy atom. The number of aryl methyl sites for hydroxylation is 1. The number of aliphatic imine (C=N–C) groups is 1. The highest BCUT2D eigenvalue weighted by atomic mass is 32.2. The molecule has 1 saturated heterocycles. The minimum atomic E-state index is -0.352. The van der Waals surface area contributed by atoms with E-state index in [2.05, 4.69) is 16.2 Å². The second-order valence-corrected chi connectivity index (χ2v) is 8.29. The summed E-state index contributed by atoms with van der Waals surface area (Å²) in [5.41, 5.74) is 8.30. The zero-order chi connectivity index (χ0) is 22.7. The second-order valence-electron chi connectivity index (χ2n) is 7.35. The Labute approximate surface area is 190 Å². The lowest BCUT2D eigenvalue weighted by atomic mass is 10.0. The number of rotatable bonds is 6. The Kier molecular flexibility index (Phi) is 6.63. The average molecular weight is 456 g/mol. The molecule has 10 heteroatoms. The first-order valence-corrected chi connectivity index (χ1v) is 11.1. The highest BCUT2D eigenvalue weighted by molar-refractivity contribution is 8.14. The number of para-hydroxylation sites is 1. The number of nitrogens with zero attached hydrogens (tertiary/aromatic N) is 2. The number of carbonyl (C=O) groups is 2. The van der Waals surface area contributed by atoms with Gasteiger partial charge in [0.05, 0.1) is 37.3 Å². The number of carbonyl (C=O) groups excluding carboxylic acids is 2. The van der Waals surface area contributed by atoms with Crippen molar-refractivity contribution in [2.45, 2.75) is 13.1 Å². The number of nitrogens with one attached hydrogen (secondary N) is 3. The fraction of sp³-hybridized carbons (Fsp3) is 0.318. The number of hydrogen-bond acceptors (Lipinski definition) is 8. The summed E-state index contributed by atoms with van der Waals surface area (Å²) >= 11 is 1.22. The maximum absolute atomic E-state index is 13.3. The number of methoxy groups -OCH3 is 2.